The molecule has 2 fully saturated rings. The molecule has 0 spiro atoms. The van der Waals surface area contributed by atoms with E-state index >= 15 is 0 Å². The number of imide groups is 1. The van der Waals surface area contributed by atoms with Gasteiger partial charge in [0, 0.05) is 10.6 Å². The highest BCUT2D eigenvalue weighted by Gasteiger charge is 2.48. The van der Waals surface area contributed by atoms with E-state index in [1.165, 1.54) is 7.11 Å². The highest BCUT2D eigenvalue weighted by atomic mass is 35.5. The minimum atomic E-state index is -0.623. The number of halogens is 1. The van der Waals surface area contributed by atoms with E-state index in [2.05, 4.69) is 0 Å². The first kappa shape index (κ1) is 17.7. The van der Waals surface area contributed by atoms with E-state index < -0.39 is 5.97 Å². The number of ether oxygens (including phenoxy) is 2. The Morgan fingerprint density at radius 3 is 2.44 bits per heavy atom. The molecule has 0 bridgehead atoms. The van der Waals surface area contributed by atoms with Gasteiger partial charge in [-0.25, -0.2) is 0 Å². The molecule has 1 aliphatic carbocycles. The number of esters is 1. The van der Waals surface area contributed by atoms with Crippen LogP contribution in [0.4, 0.5) is 0 Å². The average molecular weight is 366 g/mol. The molecule has 1 aromatic carbocycles. The van der Waals surface area contributed by atoms with E-state index in [0.717, 1.165) is 30.6 Å². The summed E-state index contributed by atoms with van der Waals surface area (Å²) in [5, 5.41) is 0.501. The van der Waals surface area contributed by atoms with Crippen molar-refractivity contribution < 1.29 is 23.9 Å². The number of fused-ring (bicyclic) bond motifs is 1. The Morgan fingerprint density at radius 1 is 1.20 bits per heavy atom. The number of methoxy groups -OCH3 is 1. The van der Waals surface area contributed by atoms with Crippen LogP contribution >= 0.6 is 11.6 Å². The quantitative estimate of drug-likeness (QED) is 0.592. The lowest BCUT2D eigenvalue weighted by Crippen LogP contribution is -2.36. The predicted octanol–water partition coefficient (Wildman–Crippen LogP) is 2.57. The monoisotopic (exact) mass is 365 g/mol. The fraction of sp³-hybridized carbons (Fsp3) is 0.500. The second kappa shape index (κ2) is 7.44. The van der Waals surface area contributed by atoms with Crippen LogP contribution in [0.15, 0.2) is 18.2 Å². The van der Waals surface area contributed by atoms with Crippen molar-refractivity contribution >= 4 is 29.4 Å². The lowest BCUT2D eigenvalue weighted by atomic mass is 9.81. The Hall–Kier alpha value is -2.08. The predicted molar refractivity (Wildman–Crippen MR) is 90.0 cm³/mol. The standard InChI is InChI=1S/C18H20ClNO5/c1-24-15-7-6-12(19)8-11(15)10-25-16(21)9-20-17(22)13-4-2-3-5-14(13)18(20)23/h6-8,13-14H,2-5,9-10H2,1H3. The molecule has 0 aromatic heterocycles. The van der Waals surface area contributed by atoms with Crippen LogP contribution < -0.4 is 4.74 Å². The van der Waals surface area contributed by atoms with Gasteiger partial charge in [0.2, 0.25) is 11.8 Å². The molecule has 1 heterocycles. The number of likely N-dealkylation sites (tertiary alicyclic amines) is 1. The number of amides is 2. The molecule has 7 heteroatoms. The molecular formula is C18H20ClNO5. The molecule has 2 aliphatic rings. The SMILES string of the molecule is COc1ccc(Cl)cc1COC(=O)CN1C(=O)C2CCCCC2C1=O. The van der Waals surface area contributed by atoms with Gasteiger partial charge in [0.25, 0.3) is 0 Å². The fourth-order valence-corrected chi connectivity index (χ4v) is 3.77. The first-order valence-corrected chi connectivity index (χ1v) is 8.72. The maximum Gasteiger partial charge on any atom is 0.326 e. The van der Waals surface area contributed by atoms with Crippen LogP contribution in [0.5, 0.6) is 5.75 Å². The molecule has 2 atom stereocenters. The van der Waals surface area contributed by atoms with Gasteiger partial charge < -0.3 is 9.47 Å². The molecule has 2 amide bonds. The van der Waals surface area contributed by atoms with Crippen LogP contribution in [0, 0.1) is 11.8 Å². The van der Waals surface area contributed by atoms with Crippen molar-refractivity contribution in [2.24, 2.45) is 11.8 Å². The van der Waals surface area contributed by atoms with E-state index in [9.17, 15) is 14.4 Å². The Morgan fingerprint density at radius 2 is 1.84 bits per heavy atom. The first-order chi connectivity index (χ1) is 12.0. The first-order valence-electron chi connectivity index (χ1n) is 8.34. The summed E-state index contributed by atoms with van der Waals surface area (Å²) in [5.41, 5.74) is 0.621. The lowest BCUT2D eigenvalue weighted by Gasteiger charge is -2.19. The van der Waals surface area contributed by atoms with Crippen LogP contribution in [0.2, 0.25) is 5.02 Å². The average Bonchev–Trinajstić information content (AvgIpc) is 2.85. The van der Waals surface area contributed by atoms with E-state index in [0.29, 0.717) is 16.3 Å². The third kappa shape index (κ3) is 3.63. The third-order valence-corrected chi connectivity index (χ3v) is 5.09. The minimum Gasteiger partial charge on any atom is -0.496 e. The molecule has 0 radical (unpaired) electrons. The van der Waals surface area contributed by atoms with E-state index in [4.69, 9.17) is 21.1 Å². The van der Waals surface area contributed by atoms with Crippen molar-refractivity contribution in [3.05, 3.63) is 28.8 Å². The van der Waals surface area contributed by atoms with Gasteiger partial charge in [-0.2, -0.15) is 0 Å². The Labute approximate surface area is 151 Å². The highest BCUT2D eigenvalue weighted by molar-refractivity contribution is 6.30. The summed E-state index contributed by atoms with van der Waals surface area (Å²) in [6.07, 6.45) is 3.35. The number of carbonyl (C=O) groups excluding carboxylic acids is 3. The van der Waals surface area contributed by atoms with Gasteiger partial charge in [0.1, 0.15) is 18.9 Å². The molecule has 3 rings (SSSR count). The van der Waals surface area contributed by atoms with Gasteiger partial charge in [0.15, 0.2) is 0 Å². The van der Waals surface area contributed by atoms with E-state index in [1.54, 1.807) is 18.2 Å². The smallest absolute Gasteiger partial charge is 0.326 e. The van der Waals surface area contributed by atoms with E-state index in [1.807, 2.05) is 0 Å². The minimum absolute atomic E-state index is 0.0361. The third-order valence-electron chi connectivity index (χ3n) is 4.85. The molecular weight excluding hydrogens is 346 g/mol. The van der Waals surface area contributed by atoms with Gasteiger partial charge in [-0.1, -0.05) is 24.4 Å². The van der Waals surface area contributed by atoms with Crippen LogP contribution in [-0.2, 0) is 25.7 Å². The summed E-state index contributed by atoms with van der Waals surface area (Å²) in [6.45, 7) is -0.376. The lowest BCUT2D eigenvalue weighted by molar-refractivity contribution is -0.153. The van der Waals surface area contributed by atoms with Crippen molar-refractivity contribution in [3.63, 3.8) is 0 Å². The molecule has 2 unspecified atom stereocenters. The molecule has 25 heavy (non-hydrogen) atoms. The van der Waals surface area contributed by atoms with Crippen molar-refractivity contribution in [3.8, 4) is 5.75 Å². The fourth-order valence-electron chi connectivity index (χ4n) is 3.58. The summed E-state index contributed by atoms with van der Waals surface area (Å²) in [6, 6.07) is 5.01. The maximum atomic E-state index is 12.4. The van der Waals surface area contributed by atoms with Gasteiger partial charge in [-0.15, -0.1) is 0 Å². The van der Waals surface area contributed by atoms with Crippen LogP contribution in [0.3, 0.4) is 0 Å². The number of rotatable bonds is 5. The second-order valence-electron chi connectivity index (χ2n) is 6.38. The summed E-state index contributed by atoms with van der Waals surface area (Å²) in [7, 11) is 1.51. The summed E-state index contributed by atoms with van der Waals surface area (Å²) >= 11 is 5.94. The number of benzene rings is 1. The second-order valence-corrected chi connectivity index (χ2v) is 6.81. The van der Waals surface area contributed by atoms with Gasteiger partial charge >= 0.3 is 5.97 Å². The Balaban J connectivity index is 1.60. The number of hydrogen-bond acceptors (Lipinski definition) is 5. The zero-order valence-corrected chi connectivity index (χ0v) is 14.8. The van der Waals surface area contributed by atoms with Crippen LogP contribution in [0.25, 0.3) is 0 Å². The van der Waals surface area contributed by atoms with Crippen molar-refractivity contribution in [1.82, 2.24) is 4.90 Å². The topological polar surface area (TPSA) is 72.9 Å². The Bertz CT molecular complexity index is 681. The van der Waals surface area contributed by atoms with Gasteiger partial charge in [-0.3, -0.25) is 19.3 Å². The molecule has 1 saturated carbocycles. The summed E-state index contributed by atoms with van der Waals surface area (Å²) in [5.74, 6) is -1.08. The molecule has 6 nitrogen and oxygen atoms in total. The van der Waals surface area contributed by atoms with Crippen LogP contribution in [0.1, 0.15) is 31.2 Å². The number of nitrogens with zero attached hydrogens (tertiary/aromatic N) is 1. The van der Waals surface area contributed by atoms with E-state index in [-0.39, 0.29) is 36.8 Å². The van der Waals surface area contributed by atoms with Crippen molar-refractivity contribution in [2.45, 2.75) is 32.3 Å². The van der Waals surface area contributed by atoms with Crippen molar-refractivity contribution in [1.29, 1.82) is 0 Å². The highest BCUT2D eigenvalue weighted by Crippen LogP contribution is 2.37. The molecule has 134 valence electrons. The summed E-state index contributed by atoms with van der Waals surface area (Å²) < 4.78 is 10.4. The van der Waals surface area contributed by atoms with Crippen LogP contribution in [-0.4, -0.2) is 36.3 Å². The molecule has 1 aromatic rings. The van der Waals surface area contributed by atoms with Gasteiger partial charge in [-0.05, 0) is 31.0 Å². The normalized spacial score (nSPS) is 22.7. The van der Waals surface area contributed by atoms with Gasteiger partial charge in [0.05, 0.1) is 18.9 Å². The Kier molecular flexibility index (Phi) is 5.27. The molecule has 0 N–H and O–H groups in total. The number of carbonyl (C=O) groups is 3. The summed E-state index contributed by atoms with van der Waals surface area (Å²) in [4.78, 5) is 37.9. The number of hydrogen-bond donors (Lipinski definition) is 0. The largest absolute Gasteiger partial charge is 0.496 e. The zero-order chi connectivity index (χ0) is 18.0. The molecule has 1 saturated heterocycles. The molecule has 1 aliphatic heterocycles. The zero-order valence-electron chi connectivity index (χ0n) is 14.0. The van der Waals surface area contributed by atoms with Crippen molar-refractivity contribution in [2.75, 3.05) is 13.7 Å². The maximum absolute atomic E-state index is 12.4.